The van der Waals surface area contributed by atoms with Crippen molar-refractivity contribution in [1.82, 2.24) is 9.55 Å². The number of rotatable bonds is 4. The Bertz CT molecular complexity index is 806. The fourth-order valence-corrected chi connectivity index (χ4v) is 3.09. The van der Waals surface area contributed by atoms with Crippen molar-refractivity contribution in [3.8, 4) is 5.69 Å². The molecule has 0 radical (unpaired) electrons. The summed E-state index contributed by atoms with van der Waals surface area (Å²) in [6.45, 7) is 1.97. The molecule has 21 heavy (non-hydrogen) atoms. The number of nitrogens with zero attached hydrogens (tertiary/aromatic N) is 2. The van der Waals surface area contributed by atoms with Crippen molar-refractivity contribution in [1.29, 1.82) is 0 Å². The fraction of sp³-hybridized carbons (Fsp3) is 0.125. The largest absolute Gasteiger partial charge is 0.481 e. The summed E-state index contributed by atoms with van der Waals surface area (Å²) in [6, 6.07) is 14.2. The molecule has 0 fully saturated rings. The van der Waals surface area contributed by atoms with Crippen LogP contribution in [0.1, 0.15) is 5.69 Å². The number of aromatic nitrogens is 2. The Morgan fingerprint density at radius 1 is 1.24 bits per heavy atom. The average Bonchev–Trinajstić information content (AvgIpc) is 2.85. The molecule has 1 heterocycles. The maximum absolute atomic E-state index is 10.8. The highest BCUT2D eigenvalue weighted by atomic mass is 32.2. The van der Waals surface area contributed by atoms with Crippen LogP contribution in [0.4, 0.5) is 0 Å². The highest BCUT2D eigenvalue weighted by Crippen LogP contribution is 2.28. The smallest absolute Gasteiger partial charge is 0.313 e. The first-order valence-corrected chi connectivity index (χ1v) is 7.52. The number of fused-ring (bicyclic) bond motifs is 1. The maximum atomic E-state index is 10.8. The number of benzene rings is 2. The molecule has 3 rings (SSSR count). The number of carboxylic acids is 1. The zero-order chi connectivity index (χ0) is 14.8. The van der Waals surface area contributed by atoms with Gasteiger partial charge in [0.15, 0.2) is 5.16 Å². The van der Waals surface area contributed by atoms with Gasteiger partial charge in [0.25, 0.3) is 0 Å². The highest BCUT2D eigenvalue weighted by Gasteiger charge is 2.13. The van der Waals surface area contributed by atoms with Crippen LogP contribution in [-0.4, -0.2) is 26.4 Å². The van der Waals surface area contributed by atoms with Gasteiger partial charge >= 0.3 is 5.97 Å². The van der Waals surface area contributed by atoms with E-state index < -0.39 is 5.97 Å². The Labute approximate surface area is 126 Å². The minimum Gasteiger partial charge on any atom is -0.481 e. The van der Waals surface area contributed by atoms with Gasteiger partial charge in [-0.3, -0.25) is 9.36 Å². The lowest BCUT2D eigenvalue weighted by Gasteiger charge is -2.12. The van der Waals surface area contributed by atoms with Gasteiger partial charge in [-0.25, -0.2) is 4.98 Å². The summed E-state index contributed by atoms with van der Waals surface area (Å²) in [5, 5.41) is 11.8. The molecule has 0 aliphatic carbocycles. The van der Waals surface area contributed by atoms with Gasteiger partial charge in [0.05, 0.1) is 11.4 Å². The number of aryl methyl sites for hydroxylation is 1. The number of carboxylic acid groups (broad SMARTS) is 1. The van der Waals surface area contributed by atoms with Crippen LogP contribution < -0.4 is 0 Å². The predicted octanol–water partition coefficient (Wildman–Crippen LogP) is 3.51. The molecule has 0 spiro atoms. The van der Waals surface area contributed by atoms with Crippen molar-refractivity contribution in [2.24, 2.45) is 0 Å². The SMILES string of the molecule is Cc1cnc(SCC(=O)O)n1-c1cccc2ccccc12. The van der Waals surface area contributed by atoms with Crippen molar-refractivity contribution in [2.45, 2.75) is 12.1 Å². The minimum atomic E-state index is -0.842. The van der Waals surface area contributed by atoms with E-state index in [0.29, 0.717) is 5.16 Å². The third-order valence-corrected chi connectivity index (χ3v) is 4.18. The molecule has 0 atom stereocenters. The van der Waals surface area contributed by atoms with Gasteiger partial charge in [-0.2, -0.15) is 0 Å². The van der Waals surface area contributed by atoms with Crippen LogP contribution in [-0.2, 0) is 4.79 Å². The molecule has 0 saturated heterocycles. The number of aliphatic carboxylic acids is 1. The number of thioether (sulfide) groups is 1. The van der Waals surface area contributed by atoms with E-state index in [9.17, 15) is 4.79 Å². The van der Waals surface area contributed by atoms with Crippen molar-refractivity contribution >= 4 is 28.5 Å². The summed E-state index contributed by atoms with van der Waals surface area (Å²) in [5.41, 5.74) is 2.01. The topological polar surface area (TPSA) is 55.1 Å². The van der Waals surface area contributed by atoms with Crippen molar-refractivity contribution in [3.05, 3.63) is 54.4 Å². The number of carbonyl (C=O) groups is 1. The first-order chi connectivity index (χ1) is 10.2. The number of imidazole rings is 1. The molecule has 0 aliphatic heterocycles. The van der Waals surface area contributed by atoms with Crippen LogP contribution in [0.15, 0.2) is 53.8 Å². The minimum absolute atomic E-state index is 0.00121. The molecule has 0 amide bonds. The Morgan fingerprint density at radius 3 is 2.81 bits per heavy atom. The lowest BCUT2D eigenvalue weighted by molar-refractivity contribution is -0.133. The van der Waals surface area contributed by atoms with Crippen molar-refractivity contribution in [3.63, 3.8) is 0 Å². The zero-order valence-electron chi connectivity index (χ0n) is 11.5. The summed E-state index contributed by atoms with van der Waals surface area (Å²) in [5.74, 6) is -0.841. The lowest BCUT2D eigenvalue weighted by Crippen LogP contribution is -2.03. The third-order valence-electron chi connectivity index (χ3n) is 3.24. The maximum Gasteiger partial charge on any atom is 0.313 e. The highest BCUT2D eigenvalue weighted by molar-refractivity contribution is 7.99. The summed E-state index contributed by atoms with van der Waals surface area (Å²) >= 11 is 1.23. The second-order valence-electron chi connectivity index (χ2n) is 4.70. The number of hydrogen-bond donors (Lipinski definition) is 1. The second-order valence-corrected chi connectivity index (χ2v) is 5.64. The van der Waals surface area contributed by atoms with Crippen LogP contribution in [0, 0.1) is 6.92 Å². The number of hydrogen-bond acceptors (Lipinski definition) is 3. The first-order valence-electron chi connectivity index (χ1n) is 6.54. The van der Waals surface area contributed by atoms with Crippen molar-refractivity contribution in [2.75, 3.05) is 5.75 Å². The van der Waals surface area contributed by atoms with E-state index in [0.717, 1.165) is 22.2 Å². The summed E-state index contributed by atoms with van der Waals surface area (Å²) < 4.78 is 2.01. The van der Waals surface area contributed by atoms with E-state index >= 15 is 0 Å². The average molecular weight is 298 g/mol. The molecule has 0 saturated carbocycles. The van der Waals surface area contributed by atoms with E-state index in [1.54, 1.807) is 6.20 Å². The summed E-state index contributed by atoms with van der Waals surface area (Å²) in [6.07, 6.45) is 1.77. The Morgan fingerprint density at radius 2 is 2.00 bits per heavy atom. The normalized spacial score (nSPS) is 10.9. The Kier molecular flexibility index (Phi) is 3.66. The molecular weight excluding hydrogens is 284 g/mol. The van der Waals surface area contributed by atoms with Gasteiger partial charge in [-0.15, -0.1) is 0 Å². The predicted molar refractivity (Wildman–Crippen MR) is 84.2 cm³/mol. The van der Waals surface area contributed by atoms with E-state index in [-0.39, 0.29) is 5.75 Å². The van der Waals surface area contributed by atoms with Crippen molar-refractivity contribution < 1.29 is 9.90 Å². The molecule has 106 valence electrons. The van der Waals surface area contributed by atoms with E-state index in [2.05, 4.69) is 23.2 Å². The molecule has 2 aromatic carbocycles. The van der Waals surface area contributed by atoms with Gasteiger partial charge in [-0.05, 0) is 18.4 Å². The van der Waals surface area contributed by atoms with E-state index in [1.165, 1.54) is 11.8 Å². The van der Waals surface area contributed by atoms with Crippen LogP contribution in [0.25, 0.3) is 16.5 Å². The quantitative estimate of drug-likeness (QED) is 0.749. The molecule has 1 aromatic heterocycles. The molecular formula is C16H14N2O2S. The molecule has 4 nitrogen and oxygen atoms in total. The second kappa shape index (κ2) is 5.61. The third kappa shape index (κ3) is 2.64. The molecule has 0 aliphatic rings. The van der Waals surface area contributed by atoms with Gasteiger partial charge < -0.3 is 5.11 Å². The molecule has 0 bridgehead atoms. The van der Waals surface area contributed by atoms with Gasteiger partial charge in [-0.1, -0.05) is 48.2 Å². The van der Waals surface area contributed by atoms with Crippen LogP contribution >= 0.6 is 11.8 Å². The molecule has 5 heteroatoms. The Hall–Kier alpha value is -2.27. The van der Waals surface area contributed by atoms with E-state index in [1.807, 2.05) is 35.8 Å². The van der Waals surface area contributed by atoms with Gasteiger partial charge in [0, 0.05) is 17.3 Å². The summed E-state index contributed by atoms with van der Waals surface area (Å²) in [4.78, 5) is 15.1. The monoisotopic (exact) mass is 298 g/mol. The molecule has 1 N–H and O–H groups in total. The van der Waals surface area contributed by atoms with E-state index in [4.69, 9.17) is 5.11 Å². The molecule has 0 unspecified atom stereocenters. The first kappa shape index (κ1) is 13.7. The Balaban J connectivity index is 2.14. The fourth-order valence-electron chi connectivity index (χ4n) is 2.34. The van der Waals surface area contributed by atoms with Gasteiger partial charge in [0.1, 0.15) is 0 Å². The molecule has 3 aromatic rings. The van der Waals surface area contributed by atoms with Gasteiger partial charge in [0.2, 0.25) is 0 Å². The van der Waals surface area contributed by atoms with Crippen LogP contribution in [0.3, 0.4) is 0 Å². The zero-order valence-corrected chi connectivity index (χ0v) is 12.3. The summed E-state index contributed by atoms with van der Waals surface area (Å²) in [7, 11) is 0. The lowest BCUT2D eigenvalue weighted by atomic mass is 10.1. The van der Waals surface area contributed by atoms with Crippen LogP contribution in [0.5, 0.6) is 0 Å². The standard InChI is InChI=1S/C16H14N2O2S/c1-11-9-17-16(21-10-15(19)20)18(11)14-8-4-6-12-5-2-3-7-13(12)14/h2-9H,10H2,1H3,(H,19,20). The van der Waals surface area contributed by atoms with Crippen LogP contribution in [0.2, 0.25) is 0 Å².